The maximum Gasteiger partial charge on any atom is 0.244 e. The quantitative estimate of drug-likeness (QED) is 0.855. The molecule has 0 aliphatic heterocycles. The fourth-order valence-corrected chi connectivity index (χ4v) is 3.01. The molecule has 0 unspecified atom stereocenters. The first-order chi connectivity index (χ1) is 10.0. The summed E-state index contributed by atoms with van der Waals surface area (Å²) in [5, 5.41) is 9.59. The van der Waals surface area contributed by atoms with Crippen LogP contribution in [0.5, 0.6) is 11.5 Å². The van der Waals surface area contributed by atoms with Crippen LogP contribution in [0.15, 0.2) is 53.4 Å². The van der Waals surface area contributed by atoms with Crippen LogP contribution < -0.4 is 9.46 Å². The largest absolute Gasteiger partial charge is 0.507 e. The Labute approximate surface area is 124 Å². The van der Waals surface area contributed by atoms with Crippen LogP contribution >= 0.6 is 0 Å². The van der Waals surface area contributed by atoms with Crippen molar-refractivity contribution in [3.63, 3.8) is 0 Å². The molecule has 2 rings (SSSR count). The SMILES string of the molecule is COc1ccc(CCNS(=O)(=O)c2ccccc2O)cc1. The first-order valence-corrected chi connectivity index (χ1v) is 7.92. The Balaban J connectivity index is 1.97. The van der Waals surface area contributed by atoms with Crippen LogP contribution in [0.25, 0.3) is 0 Å². The van der Waals surface area contributed by atoms with Gasteiger partial charge < -0.3 is 9.84 Å². The van der Waals surface area contributed by atoms with Crippen LogP contribution in [0.4, 0.5) is 0 Å². The maximum absolute atomic E-state index is 12.1. The van der Waals surface area contributed by atoms with Crippen molar-refractivity contribution in [3.05, 3.63) is 54.1 Å². The summed E-state index contributed by atoms with van der Waals surface area (Å²) in [6, 6.07) is 13.3. The van der Waals surface area contributed by atoms with Gasteiger partial charge in [-0.25, -0.2) is 13.1 Å². The van der Waals surface area contributed by atoms with Crippen molar-refractivity contribution < 1.29 is 18.3 Å². The Morgan fingerprint density at radius 2 is 1.76 bits per heavy atom. The van der Waals surface area contributed by atoms with Crippen molar-refractivity contribution in [1.82, 2.24) is 4.72 Å². The predicted molar refractivity (Wildman–Crippen MR) is 80.0 cm³/mol. The molecule has 0 bridgehead atoms. The fourth-order valence-electron chi connectivity index (χ4n) is 1.88. The molecule has 0 heterocycles. The number of para-hydroxylation sites is 1. The van der Waals surface area contributed by atoms with Crippen molar-refractivity contribution in [2.75, 3.05) is 13.7 Å². The topological polar surface area (TPSA) is 75.6 Å². The lowest BCUT2D eigenvalue weighted by molar-refractivity contribution is 0.414. The van der Waals surface area contributed by atoms with E-state index in [9.17, 15) is 13.5 Å². The molecule has 0 aliphatic carbocycles. The number of nitrogens with one attached hydrogen (secondary N) is 1. The third kappa shape index (κ3) is 3.96. The second kappa shape index (κ2) is 6.60. The van der Waals surface area contributed by atoms with E-state index in [0.717, 1.165) is 11.3 Å². The number of ether oxygens (including phenoxy) is 1. The number of aromatic hydroxyl groups is 1. The van der Waals surface area contributed by atoms with Crippen molar-refractivity contribution in [2.45, 2.75) is 11.3 Å². The minimum Gasteiger partial charge on any atom is -0.507 e. The molecular weight excluding hydrogens is 290 g/mol. The molecule has 0 atom stereocenters. The summed E-state index contributed by atoms with van der Waals surface area (Å²) < 4.78 is 31.6. The molecule has 0 aromatic heterocycles. The number of methoxy groups -OCH3 is 1. The van der Waals surface area contributed by atoms with Crippen molar-refractivity contribution in [3.8, 4) is 11.5 Å². The van der Waals surface area contributed by atoms with Gasteiger partial charge in [-0.3, -0.25) is 0 Å². The average Bonchev–Trinajstić information content (AvgIpc) is 2.48. The molecule has 6 heteroatoms. The van der Waals surface area contributed by atoms with E-state index >= 15 is 0 Å². The molecule has 0 amide bonds. The zero-order valence-corrected chi connectivity index (χ0v) is 12.4. The van der Waals surface area contributed by atoms with E-state index in [1.807, 2.05) is 24.3 Å². The molecular formula is C15H17NO4S. The van der Waals surface area contributed by atoms with E-state index in [0.29, 0.717) is 6.42 Å². The van der Waals surface area contributed by atoms with Crippen molar-refractivity contribution in [1.29, 1.82) is 0 Å². The molecule has 0 saturated carbocycles. The van der Waals surface area contributed by atoms with Crippen molar-refractivity contribution in [2.24, 2.45) is 0 Å². The van der Waals surface area contributed by atoms with Gasteiger partial charge in [0.1, 0.15) is 16.4 Å². The van der Waals surface area contributed by atoms with Crippen LogP contribution in [0, 0.1) is 0 Å². The van der Waals surface area contributed by atoms with Gasteiger partial charge >= 0.3 is 0 Å². The summed E-state index contributed by atoms with van der Waals surface area (Å²) in [7, 11) is -2.11. The monoisotopic (exact) mass is 307 g/mol. The Morgan fingerprint density at radius 3 is 2.38 bits per heavy atom. The van der Waals surface area contributed by atoms with Crippen molar-refractivity contribution >= 4 is 10.0 Å². The highest BCUT2D eigenvalue weighted by atomic mass is 32.2. The van der Waals surface area contributed by atoms with E-state index in [-0.39, 0.29) is 17.2 Å². The Kier molecular flexibility index (Phi) is 4.82. The number of sulfonamides is 1. The van der Waals surface area contributed by atoms with Crippen LogP contribution in [-0.4, -0.2) is 27.2 Å². The van der Waals surface area contributed by atoms with E-state index < -0.39 is 10.0 Å². The lowest BCUT2D eigenvalue weighted by Crippen LogP contribution is -2.26. The maximum atomic E-state index is 12.1. The van der Waals surface area contributed by atoms with Gasteiger partial charge in [-0.05, 0) is 36.2 Å². The van der Waals surface area contributed by atoms with Crippen LogP contribution in [-0.2, 0) is 16.4 Å². The molecule has 5 nitrogen and oxygen atoms in total. The van der Waals surface area contributed by atoms with E-state index in [1.54, 1.807) is 19.2 Å². The minimum absolute atomic E-state index is 0.111. The number of hydrogen-bond acceptors (Lipinski definition) is 4. The second-order valence-electron chi connectivity index (χ2n) is 4.46. The number of rotatable bonds is 6. The third-order valence-corrected chi connectivity index (χ3v) is 4.53. The molecule has 0 radical (unpaired) electrons. The summed E-state index contributed by atoms with van der Waals surface area (Å²) in [5.74, 6) is 0.503. The summed E-state index contributed by atoms with van der Waals surface area (Å²) in [4.78, 5) is -0.111. The summed E-state index contributed by atoms with van der Waals surface area (Å²) in [6.07, 6.45) is 0.552. The Bertz CT molecular complexity index is 696. The van der Waals surface area contributed by atoms with Crippen LogP contribution in [0.1, 0.15) is 5.56 Å². The van der Waals surface area contributed by atoms with Gasteiger partial charge in [0, 0.05) is 6.54 Å². The number of hydrogen-bond donors (Lipinski definition) is 2. The van der Waals surface area contributed by atoms with Gasteiger partial charge in [-0.1, -0.05) is 24.3 Å². The number of phenolic OH excluding ortho intramolecular Hbond substituents is 1. The molecule has 2 N–H and O–H groups in total. The van der Waals surface area contributed by atoms with Gasteiger partial charge in [-0.15, -0.1) is 0 Å². The van der Waals surface area contributed by atoms with Gasteiger partial charge in [0.15, 0.2) is 0 Å². The first-order valence-electron chi connectivity index (χ1n) is 6.43. The predicted octanol–water partition coefficient (Wildman–Crippen LogP) is 1.92. The fraction of sp³-hybridized carbons (Fsp3) is 0.200. The van der Waals surface area contributed by atoms with E-state index in [4.69, 9.17) is 4.74 Å². The number of benzene rings is 2. The van der Waals surface area contributed by atoms with Crippen LogP contribution in [0.3, 0.4) is 0 Å². The van der Waals surface area contributed by atoms with Crippen LogP contribution in [0.2, 0.25) is 0 Å². The minimum atomic E-state index is -3.70. The van der Waals surface area contributed by atoms with E-state index in [2.05, 4.69) is 4.72 Å². The zero-order valence-electron chi connectivity index (χ0n) is 11.6. The molecule has 112 valence electrons. The Hall–Kier alpha value is -2.05. The summed E-state index contributed by atoms with van der Waals surface area (Å²) in [6.45, 7) is 0.253. The normalized spacial score (nSPS) is 11.3. The summed E-state index contributed by atoms with van der Waals surface area (Å²) >= 11 is 0. The number of phenols is 1. The average molecular weight is 307 g/mol. The zero-order chi connectivity index (χ0) is 15.3. The molecule has 0 saturated heterocycles. The lowest BCUT2D eigenvalue weighted by Gasteiger charge is -2.08. The highest BCUT2D eigenvalue weighted by molar-refractivity contribution is 7.89. The lowest BCUT2D eigenvalue weighted by atomic mass is 10.1. The summed E-state index contributed by atoms with van der Waals surface area (Å²) in [5.41, 5.74) is 0.996. The molecule has 2 aromatic rings. The standard InChI is InChI=1S/C15H17NO4S/c1-20-13-8-6-12(7-9-13)10-11-16-21(18,19)15-5-3-2-4-14(15)17/h2-9,16-17H,10-11H2,1H3. The van der Waals surface area contributed by atoms with Gasteiger partial charge in [0.05, 0.1) is 7.11 Å². The molecule has 0 aliphatic rings. The highest BCUT2D eigenvalue weighted by Crippen LogP contribution is 2.21. The highest BCUT2D eigenvalue weighted by Gasteiger charge is 2.17. The second-order valence-corrected chi connectivity index (χ2v) is 6.20. The molecule has 21 heavy (non-hydrogen) atoms. The Morgan fingerprint density at radius 1 is 1.10 bits per heavy atom. The van der Waals surface area contributed by atoms with Gasteiger partial charge in [0.2, 0.25) is 10.0 Å². The third-order valence-electron chi connectivity index (χ3n) is 3.02. The molecule has 2 aromatic carbocycles. The molecule has 0 fully saturated rings. The molecule has 0 spiro atoms. The smallest absolute Gasteiger partial charge is 0.244 e. The first kappa shape index (κ1) is 15.3. The van der Waals surface area contributed by atoms with Gasteiger partial charge in [0.25, 0.3) is 0 Å². The van der Waals surface area contributed by atoms with Gasteiger partial charge in [-0.2, -0.15) is 0 Å². The van der Waals surface area contributed by atoms with E-state index in [1.165, 1.54) is 12.1 Å².